The van der Waals surface area contributed by atoms with Gasteiger partial charge in [-0.15, -0.1) is 0 Å². The highest BCUT2D eigenvalue weighted by Crippen LogP contribution is 2.63. The summed E-state index contributed by atoms with van der Waals surface area (Å²) in [5.74, 6) is 0. The van der Waals surface area contributed by atoms with Crippen molar-refractivity contribution in [2.24, 2.45) is 0 Å². The van der Waals surface area contributed by atoms with Crippen LogP contribution in [-0.2, 0) is 32.5 Å². The maximum atomic E-state index is 2.77. The Morgan fingerprint density at radius 1 is 0.282 bits per heavy atom. The molecule has 0 heterocycles. The first-order valence-corrected chi connectivity index (χ1v) is 30.8. The SMILES string of the molecule is CCCCCCCCC1(CCCCCCCC)c2cc(-c3ccc4cc5cc(C(C)(C)C)ccc5cc4c3)ccc2-c2cc3c(cc21)-c1ccc(C(C)(C)C)cc1C3(c1ccc(C(C)(C)C)cc1)c1ccc(C(C)(C)C)cc1. The third-order valence-electron chi connectivity index (χ3n) is 18.8. The van der Waals surface area contributed by atoms with Gasteiger partial charge in [-0.05, 0) is 181 Å². The largest absolute Gasteiger partial charge is 0.0713 e. The quantitative estimate of drug-likeness (QED) is 0.0630. The van der Waals surface area contributed by atoms with Crippen LogP contribution in [0.1, 0.15) is 242 Å². The normalized spacial score (nSPS) is 14.7. The number of rotatable bonds is 17. The average molecular weight is 1030 g/mol. The highest BCUT2D eigenvalue weighted by Gasteiger charge is 2.50. The maximum absolute atomic E-state index is 2.77. The smallest absolute Gasteiger partial charge is 0.0654 e. The van der Waals surface area contributed by atoms with Crippen molar-refractivity contribution in [3.8, 4) is 33.4 Å². The molecule has 2 aliphatic rings. The lowest BCUT2D eigenvalue weighted by atomic mass is 9.65. The van der Waals surface area contributed by atoms with Gasteiger partial charge >= 0.3 is 0 Å². The van der Waals surface area contributed by atoms with Crippen LogP contribution in [0.3, 0.4) is 0 Å². The molecule has 8 aromatic carbocycles. The van der Waals surface area contributed by atoms with Crippen molar-refractivity contribution in [1.82, 2.24) is 0 Å². The van der Waals surface area contributed by atoms with Gasteiger partial charge in [-0.25, -0.2) is 0 Å². The van der Waals surface area contributed by atoms with Gasteiger partial charge in [-0.2, -0.15) is 0 Å². The van der Waals surface area contributed by atoms with E-state index >= 15 is 0 Å². The number of unbranched alkanes of at least 4 members (excludes halogenated alkanes) is 10. The summed E-state index contributed by atoms with van der Waals surface area (Å²) in [6, 6.07) is 59.6. The molecule has 0 aliphatic heterocycles. The standard InChI is InChI=1S/C78H94/c1-15-17-19-21-23-25-43-77(44-26-24-22-20-18-16-2)69-49-56(53-27-28-54-47-58-48-63(75(9,10)11)31-29-55(58)46-57(54)45-53)30-41-65(69)67-52-72-68(51-70(67)77)66-42-40-64(76(12,13)14)50-71(66)78(72,61-36-32-59(33-37-61)73(3,4)5)62-38-34-60(35-39-62)74(6,7)8/h27-42,45-52H,15-26,43-44H2,1-14H3. The Hall–Kier alpha value is -5.72. The summed E-state index contributed by atoms with van der Waals surface area (Å²) in [6.07, 6.45) is 18.0. The summed E-state index contributed by atoms with van der Waals surface area (Å²) in [4.78, 5) is 0. The highest BCUT2D eigenvalue weighted by molar-refractivity contribution is 6.00. The Kier molecular flexibility index (Phi) is 15.2. The number of fused-ring (bicyclic) bond motifs is 8. The monoisotopic (exact) mass is 1030 g/mol. The Labute approximate surface area is 472 Å². The molecule has 406 valence electrons. The minimum atomic E-state index is -0.527. The Morgan fingerprint density at radius 3 is 1.19 bits per heavy atom. The van der Waals surface area contributed by atoms with Crippen LogP contribution < -0.4 is 0 Å². The third kappa shape index (κ3) is 10.4. The van der Waals surface area contributed by atoms with E-state index in [9.17, 15) is 0 Å². The van der Waals surface area contributed by atoms with E-state index in [0.29, 0.717) is 0 Å². The number of hydrogen-bond acceptors (Lipinski definition) is 0. The van der Waals surface area contributed by atoms with Crippen LogP contribution in [0.25, 0.3) is 54.9 Å². The highest BCUT2D eigenvalue weighted by atomic mass is 14.5. The molecular formula is C78H94. The van der Waals surface area contributed by atoms with Gasteiger partial charge < -0.3 is 0 Å². The van der Waals surface area contributed by atoms with Gasteiger partial charge in [0.25, 0.3) is 0 Å². The lowest BCUT2D eigenvalue weighted by Gasteiger charge is -2.36. The molecule has 0 heteroatoms. The van der Waals surface area contributed by atoms with Gasteiger partial charge in [0.15, 0.2) is 0 Å². The Bertz CT molecular complexity index is 3360. The van der Waals surface area contributed by atoms with Crippen molar-refractivity contribution in [3.63, 3.8) is 0 Å². The summed E-state index contributed by atoms with van der Waals surface area (Å²) < 4.78 is 0. The first-order valence-electron chi connectivity index (χ1n) is 30.8. The number of benzene rings is 8. The van der Waals surface area contributed by atoms with Gasteiger partial charge in [0.1, 0.15) is 0 Å². The topological polar surface area (TPSA) is 0 Å². The lowest BCUT2D eigenvalue weighted by Crippen LogP contribution is -2.30. The number of hydrogen-bond donors (Lipinski definition) is 0. The first-order chi connectivity index (χ1) is 37.1. The van der Waals surface area contributed by atoms with Crippen LogP contribution >= 0.6 is 0 Å². The van der Waals surface area contributed by atoms with Gasteiger partial charge in [0.05, 0.1) is 5.41 Å². The fourth-order valence-corrected chi connectivity index (χ4v) is 13.9. The molecule has 0 amide bonds. The summed E-state index contributed by atoms with van der Waals surface area (Å²) in [5.41, 5.74) is 22.1. The minimum Gasteiger partial charge on any atom is -0.0654 e. The molecule has 0 nitrogen and oxygen atoms in total. The van der Waals surface area contributed by atoms with E-state index in [0.717, 1.165) is 0 Å². The molecule has 8 aromatic rings. The fourth-order valence-electron chi connectivity index (χ4n) is 13.9. The third-order valence-corrected chi connectivity index (χ3v) is 18.8. The second-order valence-corrected chi connectivity index (χ2v) is 28.5. The van der Waals surface area contributed by atoms with Crippen LogP contribution in [0.2, 0.25) is 0 Å². The molecule has 0 aromatic heterocycles. The molecule has 0 unspecified atom stereocenters. The van der Waals surface area contributed by atoms with E-state index in [1.54, 1.807) is 11.1 Å². The second kappa shape index (κ2) is 21.4. The van der Waals surface area contributed by atoms with Crippen molar-refractivity contribution in [2.75, 3.05) is 0 Å². The average Bonchev–Trinajstić information content (AvgIpc) is 3.55. The van der Waals surface area contributed by atoms with Crippen LogP contribution in [0.4, 0.5) is 0 Å². The van der Waals surface area contributed by atoms with Crippen molar-refractivity contribution >= 4 is 21.5 Å². The molecule has 0 saturated carbocycles. The Morgan fingerprint density at radius 2 is 0.654 bits per heavy atom. The molecule has 0 saturated heterocycles. The van der Waals surface area contributed by atoms with Crippen LogP contribution in [0.15, 0.2) is 146 Å². The zero-order valence-corrected chi connectivity index (χ0v) is 50.8. The zero-order valence-electron chi connectivity index (χ0n) is 50.8. The van der Waals surface area contributed by atoms with Gasteiger partial charge in [0, 0.05) is 5.41 Å². The summed E-state index contributed by atoms with van der Waals surface area (Å²) in [6.45, 7) is 32.8. The lowest BCUT2D eigenvalue weighted by molar-refractivity contribution is 0.398. The molecule has 0 atom stereocenters. The molecule has 0 N–H and O–H groups in total. The zero-order chi connectivity index (χ0) is 55.4. The minimum absolute atomic E-state index is 0.0153. The van der Waals surface area contributed by atoms with Crippen LogP contribution in [0, 0.1) is 0 Å². The van der Waals surface area contributed by atoms with E-state index < -0.39 is 5.41 Å². The molecular weight excluding hydrogens is 937 g/mol. The van der Waals surface area contributed by atoms with Gasteiger partial charge in [-0.3, -0.25) is 0 Å². The second-order valence-electron chi connectivity index (χ2n) is 28.5. The molecule has 0 spiro atoms. The first kappa shape index (κ1) is 55.6. The van der Waals surface area contributed by atoms with Gasteiger partial charge in [0.2, 0.25) is 0 Å². The molecule has 0 bridgehead atoms. The van der Waals surface area contributed by atoms with Crippen molar-refractivity contribution in [1.29, 1.82) is 0 Å². The molecule has 0 radical (unpaired) electrons. The van der Waals surface area contributed by atoms with Crippen LogP contribution in [0.5, 0.6) is 0 Å². The van der Waals surface area contributed by atoms with E-state index in [4.69, 9.17) is 0 Å². The fraction of sp³-hybridized carbons (Fsp3) is 0.436. The van der Waals surface area contributed by atoms with E-state index in [-0.39, 0.29) is 27.1 Å². The Balaban J connectivity index is 1.22. The van der Waals surface area contributed by atoms with E-state index in [1.807, 2.05) is 0 Å². The van der Waals surface area contributed by atoms with Crippen molar-refractivity contribution in [3.05, 3.63) is 201 Å². The van der Waals surface area contributed by atoms with E-state index in [2.05, 4.69) is 243 Å². The predicted octanol–water partition coefficient (Wildman–Crippen LogP) is 23.0. The summed E-state index contributed by atoms with van der Waals surface area (Å²) >= 11 is 0. The van der Waals surface area contributed by atoms with Crippen LogP contribution in [-0.4, -0.2) is 0 Å². The van der Waals surface area contributed by atoms with Gasteiger partial charge in [-0.1, -0.05) is 283 Å². The van der Waals surface area contributed by atoms with E-state index in [1.165, 1.54) is 189 Å². The molecule has 2 aliphatic carbocycles. The maximum Gasteiger partial charge on any atom is 0.0713 e. The predicted molar refractivity (Wildman–Crippen MR) is 341 cm³/mol. The van der Waals surface area contributed by atoms with Crippen molar-refractivity contribution in [2.45, 2.75) is 219 Å². The summed E-state index contributed by atoms with van der Waals surface area (Å²) in [5, 5.41) is 5.25. The summed E-state index contributed by atoms with van der Waals surface area (Å²) in [7, 11) is 0. The molecule has 78 heavy (non-hydrogen) atoms. The van der Waals surface area contributed by atoms with Crippen molar-refractivity contribution < 1.29 is 0 Å². The molecule has 10 rings (SSSR count). The molecule has 0 fully saturated rings.